The number of H-pyrrole nitrogens is 1. The first-order chi connectivity index (χ1) is 7.77. The highest BCUT2D eigenvalue weighted by Crippen LogP contribution is 2.37. The van der Waals surface area contributed by atoms with Gasteiger partial charge in [-0.3, -0.25) is 4.79 Å². The second kappa shape index (κ2) is 7.61. The van der Waals surface area contributed by atoms with Crippen molar-refractivity contribution >= 4 is 30.7 Å². The van der Waals surface area contributed by atoms with Crippen LogP contribution in [0, 0.1) is 5.41 Å². The molecule has 0 bridgehead atoms. The summed E-state index contributed by atoms with van der Waals surface area (Å²) >= 11 is 0. The van der Waals surface area contributed by atoms with Crippen molar-refractivity contribution in [1.29, 1.82) is 0 Å². The Labute approximate surface area is 119 Å². The molecular formula is C11H20Cl2N4O. The molecule has 1 saturated carbocycles. The number of nitrogens with one attached hydrogen (secondary N) is 2. The quantitative estimate of drug-likeness (QED) is 0.785. The van der Waals surface area contributed by atoms with Gasteiger partial charge in [0.05, 0.1) is 12.0 Å². The maximum atomic E-state index is 12.1. The van der Waals surface area contributed by atoms with Gasteiger partial charge in [-0.15, -0.1) is 24.8 Å². The summed E-state index contributed by atoms with van der Waals surface area (Å²) in [6.07, 6.45) is 7.45. The first kappa shape index (κ1) is 17.2. The molecule has 1 aliphatic carbocycles. The molecule has 1 fully saturated rings. The number of nitrogens with two attached hydrogens (primary N) is 1. The van der Waals surface area contributed by atoms with Gasteiger partial charge in [0, 0.05) is 18.9 Å². The number of carbonyl (C=O) groups excluding carboxylic acids is 1. The zero-order valence-electron chi connectivity index (χ0n) is 10.1. The lowest BCUT2D eigenvalue weighted by Gasteiger charge is -2.25. The van der Waals surface area contributed by atoms with Crippen molar-refractivity contribution < 1.29 is 4.79 Å². The SMILES string of the molecule is Cl.Cl.NCC1(C(=O)NCc2ncc[nH]2)CCCC1. The summed E-state index contributed by atoms with van der Waals surface area (Å²) in [4.78, 5) is 19.1. The summed E-state index contributed by atoms with van der Waals surface area (Å²) < 4.78 is 0. The first-order valence-corrected chi connectivity index (χ1v) is 5.73. The van der Waals surface area contributed by atoms with Gasteiger partial charge in [-0.25, -0.2) is 4.98 Å². The van der Waals surface area contributed by atoms with Gasteiger partial charge in [-0.1, -0.05) is 12.8 Å². The van der Waals surface area contributed by atoms with Crippen molar-refractivity contribution in [2.75, 3.05) is 6.54 Å². The van der Waals surface area contributed by atoms with Crippen molar-refractivity contribution in [3.05, 3.63) is 18.2 Å². The molecule has 0 unspecified atom stereocenters. The van der Waals surface area contributed by atoms with E-state index in [0.717, 1.165) is 31.5 Å². The van der Waals surface area contributed by atoms with Crippen molar-refractivity contribution in [3.8, 4) is 0 Å². The molecule has 0 spiro atoms. The van der Waals surface area contributed by atoms with E-state index in [1.807, 2.05) is 0 Å². The summed E-state index contributed by atoms with van der Waals surface area (Å²) in [5, 5.41) is 2.91. The fourth-order valence-electron chi connectivity index (χ4n) is 2.32. The maximum absolute atomic E-state index is 12.1. The van der Waals surface area contributed by atoms with Crippen LogP contribution in [0.15, 0.2) is 12.4 Å². The van der Waals surface area contributed by atoms with Crippen LogP contribution in [0.1, 0.15) is 31.5 Å². The molecule has 5 nitrogen and oxygen atoms in total. The van der Waals surface area contributed by atoms with Crippen LogP contribution in [-0.4, -0.2) is 22.4 Å². The normalized spacial score (nSPS) is 16.5. The second-order valence-electron chi connectivity index (χ2n) is 4.41. The number of imidazole rings is 1. The number of hydrogen-bond donors (Lipinski definition) is 3. The monoisotopic (exact) mass is 294 g/mol. The Morgan fingerprint density at radius 2 is 2.11 bits per heavy atom. The van der Waals surface area contributed by atoms with Crippen molar-refractivity contribution in [2.45, 2.75) is 32.2 Å². The molecule has 0 saturated heterocycles. The predicted molar refractivity (Wildman–Crippen MR) is 74.9 cm³/mol. The van der Waals surface area contributed by atoms with Crippen LogP contribution in [0.5, 0.6) is 0 Å². The summed E-state index contributed by atoms with van der Waals surface area (Å²) in [7, 11) is 0. The number of amides is 1. The molecule has 18 heavy (non-hydrogen) atoms. The summed E-state index contributed by atoms with van der Waals surface area (Å²) in [6, 6.07) is 0. The minimum atomic E-state index is -0.327. The Hall–Kier alpha value is -0.780. The molecule has 4 N–H and O–H groups in total. The molecule has 2 rings (SSSR count). The highest BCUT2D eigenvalue weighted by Gasteiger charge is 2.39. The third kappa shape index (κ3) is 3.60. The van der Waals surface area contributed by atoms with Crippen LogP contribution >= 0.6 is 24.8 Å². The standard InChI is InChI=1S/C11H18N4O.2ClH/c12-8-11(3-1-2-4-11)10(16)15-7-9-13-5-6-14-9;;/h5-6H,1-4,7-8,12H2,(H,13,14)(H,15,16);2*1H. The zero-order valence-corrected chi connectivity index (χ0v) is 11.8. The number of halogens is 2. The van der Waals surface area contributed by atoms with E-state index in [0.29, 0.717) is 13.1 Å². The van der Waals surface area contributed by atoms with Gasteiger partial charge in [-0.2, -0.15) is 0 Å². The third-order valence-electron chi connectivity index (χ3n) is 3.40. The predicted octanol–water partition coefficient (Wildman–Crippen LogP) is 1.39. The Kier molecular flexibility index (Phi) is 7.28. The van der Waals surface area contributed by atoms with Crippen molar-refractivity contribution in [3.63, 3.8) is 0 Å². The molecule has 104 valence electrons. The van der Waals surface area contributed by atoms with Crippen LogP contribution < -0.4 is 11.1 Å². The fraction of sp³-hybridized carbons (Fsp3) is 0.636. The molecule has 0 radical (unpaired) electrons. The van der Waals surface area contributed by atoms with Crippen LogP contribution in [0.25, 0.3) is 0 Å². The molecule has 0 atom stereocenters. The molecule has 1 amide bonds. The molecule has 1 heterocycles. The van der Waals surface area contributed by atoms with E-state index in [-0.39, 0.29) is 36.1 Å². The molecule has 1 aromatic rings. The minimum absolute atomic E-state index is 0. The summed E-state index contributed by atoms with van der Waals surface area (Å²) in [5.41, 5.74) is 5.41. The van der Waals surface area contributed by atoms with E-state index in [4.69, 9.17) is 5.73 Å². The van der Waals surface area contributed by atoms with Gasteiger partial charge >= 0.3 is 0 Å². The number of rotatable bonds is 4. The highest BCUT2D eigenvalue weighted by atomic mass is 35.5. The fourth-order valence-corrected chi connectivity index (χ4v) is 2.32. The van der Waals surface area contributed by atoms with E-state index < -0.39 is 0 Å². The highest BCUT2D eigenvalue weighted by molar-refractivity contribution is 5.85. The van der Waals surface area contributed by atoms with Crippen molar-refractivity contribution in [1.82, 2.24) is 15.3 Å². The largest absolute Gasteiger partial charge is 0.348 e. The Balaban J connectivity index is 0.00000144. The molecule has 0 aliphatic heterocycles. The van der Waals surface area contributed by atoms with E-state index in [1.165, 1.54) is 0 Å². The number of hydrogen-bond acceptors (Lipinski definition) is 3. The van der Waals surface area contributed by atoms with Gasteiger partial charge in [0.25, 0.3) is 0 Å². The minimum Gasteiger partial charge on any atom is -0.348 e. The zero-order chi connectivity index (χ0) is 11.4. The topological polar surface area (TPSA) is 83.8 Å². The van der Waals surface area contributed by atoms with Gasteiger partial charge in [0.1, 0.15) is 5.82 Å². The average Bonchev–Trinajstić information content (AvgIpc) is 2.97. The van der Waals surface area contributed by atoms with Crippen LogP contribution in [-0.2, 0) is 11.3 Å². The van der Waals surface area contributed by atoms with Crippen LogP contribution in [0.4, 0.5) is 0 Å². The van der Waals surface area contributed by atoms with Gasteiger partial charge in [0.15, 0.2) is 0 Å². The van der Waals surface area contributed by atoms with E-state index >= 15 is 0 Å². The lowest BCUT2D eigenvalue weighted by Crippen LogP contribution is -2.43. The summed E-state index contributed by atoms with van der Waals surface area (Å²) in [6.45, 7) is 0.893. The number of aromatic amines is 1. The molecule has 1 aliphatic rings. The second-order valence-corrected chi connectivity index (χ2v) is 4.41. The molecule has 1 aromatic heterocycles. The van der Waals surface area contributed by atoms with Crippen LogP contribution in [0.2, 0.25) is 0 Å². The Bertz CT molecular complexity index is 350. The Morgan fingerprint density at radius 1 is 1.44 bits per heavy atom. The van der Waals surface area contributed by atoms with Crippen molar-refractivity contribution in [2.24, 2.45) is 11.1 Å². The molecule has 0 aromatic carbocycles. The van der Waals surface area contributed by atoms with E-state index in [1.54, 1.807) is 12.4 Å². The number of carbonyl (C=O) groups is 1. The molecule has 7 heteroatoms. The third-order valence-corrected chi connectivity index (χ3v) is 3.40. The number of nitrogens with zero attached hydrogens (tertiary/aromatic N) is 1. The first-order valence-electron chi connectivity index (χ1n) is 5.73. The van der Waals surface area contributed by atoms with Gasteiger partial charge in [-0.05, 0) is 12.8 Å². The van der Waals surface area contributed by atoms with Gasteiger partial charge < -0.3 is 16.0 Å². The maximum Gasteiger partial charge on any atom is 0.227 e. The summed E-state index contributed by atoms with van der Waals surface area (Å²) in [5.74, 6) is 0.849. The van der Waals surface area contributed by atoms with E-state index in [2.05, 4.69) is 15.3 Å². The lowest BCUT2D eigenvalue weighted by molar-refractivity contribution is -0.130. The Morgan fingerprint density at radius 3 is 2.61 bits per heavy atom. The van der Waals surface area contributed by atoms with Gasteiger partial charge in [0.2, 0.25) is 5.91 Å². The van der Waals surface area contributed by atoms with E-state index in [9.17, 15) is 4.79 Å². The smallest absolute Gasteiger partial charge is 0.227 e. The molecular weight excluding hydrogens is 275 g/mol. The average molecular weight is 295 g/mol. The van der Waals surface area contributed by atoms with Crippen LogP contribution in [0.3, 0.4) is 0 Å². The number of aromatic nitrogens is 2. The lowest BCUT2D eigenvalue weighted by atomic mass is 9.85.